The van der Waals surface area contributed by atoms with Crippen LogP contribution in [0.4, 0.5) is 0 Å². The number of carboxylic acids is 1. The zero-order chi connectivity index (χ0) is 14.5. The highest BCUT2D eigenvalue weighted by Crippen LogP contribution is 2.21. The first kappa shape index (κ1) is 14.9. The van der Waals surface area contributed by atoms with E-state index in [9.17, 15) is 14.7 Å². The number of benzene rings is 1. The number of rotatable bonds is 4. The Hall–Kier alpha value is -1.53. The van der Waals surface area contributed by atoms with Crippen LogP contribution in [0.3, 0.4) is 0 Å². The summed E-state index contributed by atoms with van der Waals surface area (Å²) in [4.78, 5) is 25.4. The molecule has 3 N–H and O–H groups in total. The first-order chi connectivity index (χ1) is 9.65. The number of amides is 1. The van der Waals surface area contributed by atoms with Crippen LogP contribution < -0.4 is 5.73 Å². The predicted octanol–water partition coefficient (Wildman–Crippen LogP) is 0.830. The highest BCUT2D eigenvalue weighted by atomic mass is 32.2. The maximum Gasteiger partial charge on any atom is 0.327 e. The molecule has 2 rings (SSSR count). The van der Waals surface area contributed by atoms with Crippen molar-refractivity contribution in [3.63, 3.8) is 0 Å². The summed E-state index contributed by atoms with van der Waals surface area (Å²) < 4.78 is 0. The molecule has 0 bridgehead atoms. The smallest absolute Gasteiger partial charge is 0.327 e. The van der Waals surface area contributed by atoms with E-state index in [1.54, 1.807) is 23.9 Å². The molecule has 0 radical (unpaired) electrons. The fourth-order valence-electron chi connectivity index (χ4n) is 2.31. The number of hydrogen-bond donors (Lipinski definition) is 2. The van der Waals surface area contributed by atoms with Gasteiger partial charge in [0.15, 0.2) is 0 Å². The number of nitrogens with zero attached hydrogens (tertiary/aromatic N) is 1. The number of carbonyl (C=O) groups excluding carboxylic acids is 1. The second-order valence-electron chi connectivity index (χ2n) is 4.62. The summed E-state index contributed by atoms with van der Waals surface area (Å²) >= 11 is 1.57. The van der Waals surface area contributed by atoms with Crippen molar-refractivity contribution in [2.75, 3.05) is 24.6 Å². The van der Waals surface area contributed by atoms with Crippen LogP contribution >= 0.6 is 11.8 Å². The van der Waals surface area contributed by atoms with Crippen molar-refractivity contribution in [3.05, 3.63) is 35.4 Å². The van der Waals surface area contributed by atoms with Crippen LogP contribution in [0.15, 0.2) is 24.3 Å². The molecule has 1 saturated heterocycles. The van der Waals surface area contributed by atoms with Crippen molar-refractivity contribution < 1.29 is 14.7 Å². The molecule has 20 heavy (non-hydrogen) atoms. The number of hydrogen-bond acceptors (Lipinski definition) is 4. The Bertz CT molecular complexity index is 507. The molecule has 5 nitrogen and oxygen atoms in total. The van der Waals surface area contributed by atoms with E-state index in [2.05, 4.69) is 0 Å². The van der Waals surface area contributed by atoms with Gasteiger partial charge in [-0.2, -0.15) is 11.8 Å². The first-order valence-corrected chi connectivity index (χ1v) is 7.70. The lowest BCUT2D eigenvalue weighted by Gasteiger charge is -2.33. The Labute approximate surface area is 122 Å². The van der Waals surface area contributed by atoms with Crippen LogP contribution in [-0.4, -0.2) is 52.5 Å². The van der Waals surface area contributed by atoms with Gasteiger partial charge in [-0.05, 0) is 24.6 Å². The molecule has 1 amide bonds. The maximum absolute atomic E-state index is 12.6. The Kier molecular flexibility index (Phi) is 5.03. The largest absolute Gasteiger partial charge is 0.480 e. The van der Waals surface area contributed by atoms with Gasteiger partial charge in [0.05, 0.1) is 0 Å². The summed E-state index contributed by atoms with van der Waals surface area (Å²) in [5.74, 6) is 0.0675. The van der Waals surface area contributed by atoms with Gasteiger partial charge in [-0.15, -0.1) is 0 Å². The van der Waals surface area contributed by atoms with Gasteiger partial charge in [0.25, 0.3) is 5.91 Å². The number of carbonyl (C=O) groups is 2. The van der Waals surface area contributed by atoms with Crippen LogP contribution in [0.5, 0.6) is 0 Å². The zero-order valence-corrected chi connectivity index (χ0v) is 11.9. The third-order valence-corrected chi connectivity index (χ3v) is 4.36. The van der Waals surface area contributed by atoms with E-state index in [0.717, 1.165) is 11.3 Å². The van der Waals surface area contributed by atoms with E-state index < -0.39 is 12.0 Å². The third-order valence-electron chi connectivity index (χ3n) is 3.34. The molecule has 1 aliphatic heterocycles. The molecule has 0 aromatic heterocycles. The molecule has 108 valence electrons. The molecular formula is C14H18N2O3S. The SMILES string of the molecule is NCCc1ccccc1C(=O)N1CCSCC1C(=O)O. The van der Waals surface area contributed by atoms with Crippen molar-refractivity contribution >= 4 is 23.6 Å². The van der Waals surface area contributed by atoms with Gasteiger partial charge in [0, 0.05) is 23.6 Å². The summed E-state index contributed by atoms with van der Waals surface area (Å²) in [6.45, 7) is 0.930. The average molecular weight is 294 g/mol. The van der Waals surface area contributed by atoms with E-state index in [1.165, 1.54) is 4.90 Å². The molecule has 1 heterocycles. The molecule has 1 atom stereocenters. The summed E-state index contributed by atoms with van der Waals surface area (Å²) in [7, 11) is 0. The topological polar surface area (TPSA) is 83.6 Å². The Morgan fingerprint density at radius 2 is 2.15 bits per heavy atom. The van der Waals surface area contributed by atoms with E-state index in [1.807, 2.05) is 12.1 Å². The predicted molar refractivity (Wildman–Crippen MR) is 79.0 cm³/mol. The van der Waals surface area contributed by atoms with Gasteiger partial charge in [-0.1, -0.05) is 18.2 Å². The summed E-state index contributed by atoms with van der Waals surface area (Å²) in [6, 6.07) is 6.53. The molecule has 1 unspecified atom stereocenters. The molecule has 1 fully saturated rings. The second-order valence-corrected chi connectivity index (χ2v) is 5.77. The number of carboxylic acid groups (broad SMARTS) is 1. The summed E-state index contributed by atoms with van der Waals surface area (Å²) in [5.41, 5.74) is 7.00. The van der Waals surface area contributed by atoms with Crippen LogP contribution in [0.2, 0.25) is 0 Å². The Morgan fingerprint density at radius 3 is 2.85 bits per heavy atom. The molecule has 0 spiro atoms. The van der Waals surface area contributed by atoms with Crippen molar-refractivity contribution in [1.29, 1.82) is 0 Å². The van der Waals surface area contributed by atoms with Gasteiger partial charge < -0.3 is 15.7 Å². The third kappa shape index (κ3) is 3.13. The normalized spacial score (nSPS) is 18.9. The lowest BCUT2D eigenvalue weighted by atomic mass is 10.0. The van der Waals surface area contributed by atoms with E-state index >= 15 is 0 Å². The fraction of sp³-hybridized carbons (Fsp3) is 0.429. The van der Waals surface area contributed by atoms with Crippen LogP contribution in [0.25, 0.3) is 0 Å². The van der Waals surface area contributed by atoms with Crippen LogP contribution in [-0.2, 0) is 11.2 Å². The van der Waals surface area contributed by atoms with Crippen molar-refractivity contribution in [2.45, 2.75) is 12.5 Å². The van der Waals surface area contributed by atoms with E-state index in [-0.39, 0.29) is 5.91 Å². The summed E-state index contributed by atoms with van der Waals surface area (Å²) in [5, 5.41) is 9.25. The van der Waals surface area contributed by atoms with Crippen LogP contribution in [0, 0.1) is 0 Å². The molecule has 1 aromatic carbocycles. The quantitative estimate of drug-likeness (QED) is 0.859. The average Bonchev–Trinajstić information content (AvgIpc) is 2.47. The second kappa shape index (κ2) is 6.76. The standard InChI is InChI=1S/C14H18N2O3S/c15-6-5-10-3-1-2-4-11(10)13(17)16-7-8-20-9-12(16)14(18)19/h1-4,12H,5-9,15H2,(H,18,19). The van der Waals surface area contributed by atoms with E-state index in [4.69, 9.17) is 5.73 Å². The zero-order valence-electron chi connectivity index (χ0n) is 11.1. The minimum Gasteiger partial charge on any atom is -0.480 e. The Balaban J connectivity index is 2.27. The number of aliphatic carboxylic acids is 1. The van der Waals surface area contributed by atoms with Crippen LogP contribution in [0.1, 0.15) is 15.9 Å². The van der Waals surface area contributed by atoms with Crippen molar-refractivity contribution in [3.8, 4) is 0 Å². The molecular weight excluding hydrogens is 276 g/mol. The van der Waals surface area contributed by atoms with Gasteiger partial charge in [0.2, 0.25) is 0 Å². The monoisotopic (exact) mass is 294 g/mol. The minimum absolute atomic E-state index is 0.207. The fourth-order valence-corrected chi connectivity index (χ4v) is 3.35. The number of nitrogens with two attached hydrogens (primary N) is 1. The highest BCUT2D eigenvalue weighted by molar-refractivity contribution is 7.99. The minimum atomic E-state index is -0.943. The van der Waals surface area contributed by atoms with Gasteiger partial charge in [0.1, 0.15) is 6.04 Å². The van der Waals surface area contributed by atoms with Crippen molar-refractivity contribution in [2.24, 2.45) is 5.73 Å². The van der Waals surface area contributed by atoms with Gasteiger partial charge in [-0.25, -0.2) is 4.79 Å². The maximum atomic E-state index is 12.6. The van der Waals surface area contributed by atoms with Gasteiger partial charge >= 0.3 is 5.97 Å². The number of thioether (sulfide) groups is 1. The highest BCUT2D eigenvalue weighted by Gasteiger charge is 2.33. The lowest BCUT2D eigenvalue weighted by Crippen LogP contribution is -2.50. The Morgan fingerprint density at radius 1 is 1.40 bits per heavy atom. The van der Waals surface area contributed by atoms with E-state index in [0.29, 0.717) is 30.8 Å². The molecule has 1 aliphatic rings. The first-order valence-electron chi connectivity index (χ1n) is 6.54. The molecule has 6 heteroatoms. The molecule has 1 aromatic rings. The lowest BCUT2D eigenvalue weighted by molar-refractivity contribution is -0.141. The molecule has 0 aliphatic carbocycles. The van der Waals surface area contributed by atoms with Gasteiger partial charge in [-0.3, -0.25) is 4.79 Å². The van der Waals surface area contributed by atoms with Crippen molar-refractivity contribution in [1.82, 2.24) is 4.90 Å². The molecule has 0 saturated carbocycles. The summed E-state index contributed by atoms with van der Waals surface area (Å²) in [6.07, 6.45) is 0.613.